The zero-order valence-electron chi connectivity index (χ0n) is 36.3. The van der Waals surface area contributed by atoms with Crippen molar-refractivity contribution in [2.75, 3.05) is 0 Å². The maximum atomic E-state index is 5.58. The van der Waals surface area contributed by atoms with Crippen molar-refractivity contribution in [3.63, 3.8) is 0 Å². The summed E-state index contributed by atoms with van der Waals surface area (Å²) in [5.41, 5.74) is 17.1. The van der Waals surface area contributed by atoms with Crippen molar-refractivity contribution >= 4 is 32.7 Å². The monoisotopic (exact) mass is 853 g/mol. The van der Waals surface area contributed by atoms with Crippen LogP contribution in [-0.2, 0) is 5.41 Å². The second-order valence-electron chi connectivity index (χ2n) is 17.1. The number of pyridine rings is 1. The quantitative estimate of drug-likeness (QED) is 0.149. The van der Waals surface area contributed by atoms with Crippen LogP contribution in [0.1, 0.15) is 22.3 Å². The maximum absolute atomic E-state index is 5.58. The molecule has 0 saturated heterocycles. The van der Waals surface area contributed by atoms with Gasteiger partial charge in [-0.1, -0.05) is 200 Å². The van der Waals surface area contributed by atoms with Crippen molar-refractivity contribution in [2.45, 2.75) is 5.41 Å². The van der Waals surface area contributed by atoms with E-state index in [1.165, 1.54) is 16.7 Å². The molecule has 0 unspecified atom stereocenters. The van der Waals surface area contributed by atoms with Gasteiger partial charge in [-0.25, -0.2) is 19.9 Å². The van der Waals surface area contributed by atoms with Gasteiger partial charge in [-0.3, -0.25) is 4.98 Å². The van der Waals surface area contributed by atoms with Gasteiger partial charge >= 0.3 is 0 Å². The lowest BCUT2D eigenvalue weighted by Gasteiger charge is -2.34. The smallest absolute Gasteiger partial charge is 0.160 e. The highest BCUT2D eigenvalue weighted by molar-refractivity contribution is 6.19. The molecule has 0 bridgehead atoms. The van der Waals surface area contributed by atoms with E-state index in [1.54, 1.807) is 0 Å². The summed E-state index contributed by atoms with van der Waals surface area (Å²) in [5.74, 6) is 1.34. The topological polar surface area (TPSA) is 64.5 Å². The van der Waals surface area contributed by atoms with E-state index in [0.29, 0.717) is 11.6 Å². The summed E-state index contributed by atoms with van der Waals surface area (Å²) in [5, 5.41) is 3.00. The Bertz CT molecular complexity index is 3800. The summed E-state index contributed by atoms with van der Waals surface area (Å²) in [6.07, 6.45) is 3.87. The van der Waals surface area contributed by atoms with E-state index in [9.17, 15) is 0 Å². The molecule has 1 aliphatic rings. The number of hydrogen-bond donors (Lipinski definition) is 0. The zero-order valence-corrected chi connectivity index (χ0v) is 36.3. The first-order valence-electron chi connectivity index (χ1n) is 22.7. The number of fused-ring (bicyclic) bond motifs is 7. The Kier molecular flexibility index (Phi) is 9.00. The van der Waals surface area contributed by atoms with Gasteiger partial charge in [-0.05, 0) is 68.8 Å². The van der Waals surface area contributed by atoms with Crippen molar-refractivity contribution in [3.8, 4) is 67.4 Å². The zero-order chi connectivity index (χ0) is 44.3. The molecule has 312 valence electrons. The first-order chi connectivity index (χ1) is 33.2. The van der Waals surface area contributed by atoms with E-state index < -0.39 is 5.41 Å². The SMILES string of the molecule is c1ccc(-c2nc(-c3ccc4c(c3)C(c3ccccc3)(c3ccccc3)c3cc(-c5ncc6c(n5)c(-c5ccccc5)c(-c5ccccc5)c5ncccc56)ccc3-4)nc3ccccc23)cc1. The normalized spacial score (nSPS) is 12.6. The van der Waals surface area contributed by atoms with Crippen molar-refractivity contribution in [3.05, 3.63) is 259 Å². The van der Waals surface area contributed by atoms with Crippen LogP contribution in [0.4, 0.5) is 0 Å². The van der Waals surface area contributed by atoms with Crippen molar-refractivity contribution in [1.82, 2.24) is 24.9 Å². The summed E-state index contributed by atoms with van der Waals surface area (Å²) < 4.78 is 0. The van der Waals surface area contributed by atoms with Crippen LogP contribution in [-0.4, -0.2) is 24.9 Å². The molecule has 3 heterocycles. The van der Waals surface area contributed by atoms with Crippen LogP contribution >= 0.6 is 0 Å². The average molecular weight is 854 g/mol. The van der Waals surface area contributed by atoms with E-state index in [1.807, 2.05) is 30.6 Å². The molecule has 0 radical (unpaired) electrons. The molecule has 0 spiro atoms. The van der Waals surface area contributed by atoms with Gasteiger partial charge < -0.3 is 0 Å². The van der Waals surface area contributed by atoms with Crippen molar-refractivity contribution in [2.24, 2.45) is 0 Å². The van der Waals surface area contributed by atoms with Crippen LogP contribution in [0.5, 0.6) is 0 Å². The number of rotatable bonds is 7. The average Bonchev–Trinajstić information content (AvgIpc) is 3.71. The molecule has 1 aliphatic carbocycles. The maximum Gasteiger partial charge on any atom is 0.160 e. The number of benzene rings is 9. The van der Waals surface area contributed by atoms with Crippen LogP contribution in [0.2, 0.25) is 0 Å². The molecule has 0 aliphatic heterocycles. The largest absolute Gasteiger partial charge is 0.256 e. The van der Waals surface area contributed by atoms with E-state index in [0.717, 1.165) is 94.0 Å². The Morgan fingerprint density at radius 1 is 0.328 bits per heavy atom. The van der Waals surface area contributed by atoms with Crippen molar-refractivity contribution < 1.29 is 0 Å². The predicted octanol–water partition coefficient (Wildman–Crippen LogP) is 14.8. The van der Waals surface area contributed by atoms with Gasteiger partial charge in [0.05, 0.1) is 27.7 Å². The number of aromatic nitrogens is 5. The Labute approximate surface area is 387 Å². The Morgan fingerprint density at radius 2 is 0.836 bits per heavy atom. The van der Waals surface area contributed by atoms with Crippen molar-refractivity contribution in [1.29, 1.82) is 0 Å². The summed E-state index contributed by atoms with van der Waals surface area (Å²) in [4.78, 5) is 26.3. The summed E-state index contributed by atoms with van der Waals surface area (Å²) in [7, 11) is 0. The molecule has 13 rings (SSSR count). The van der Waals surface area contributed by atoms with Crippen LogP contribution in [0.25, 0.3) is 100 Å². The second kappa shape index (κ2) is 15.7. The van der Waals surface area contributed by atoms with Gasteiger partial charge in [0.1, 0.15) is 0 Å². The standard InChI is InChI=1S/C62H39N5/c1-6-19-40(20-7-1)55-56(41-21-8-2-9-22-41)59-51(49-30-18-36-63-58(49)55)39-64-60(67-59)43-32-34-47-48-35-33-44(61-65-54-31-17-16-29-50(54)57(66-61)42-23-10-3-11-24-42)38-53(48)62(52(47)37-43,45-25-12-4-13-26-45)46-27-14-5-15-28-46/h1-39H. The summed E-state index contributed by atoms with van der Waals surface area (Å²) >= 11 is 0. The second-order valence-corrected chi connectivity index (χ2v) is 17.1. The van der Waals surface area contributed by atoms with Crippen LogP contribution in [0.3, 0.4) is 0 Å². The number of hydrogen-bond acceptors (Lipinski definition) is 5. The molecule has 67 heavy (non-hydrogen) atoms. The van der Waals surface area contributed by atoms with Crippen LogP contribution in [0.15, 0.2) is 237 Å². The van der Waals surface area contributed by atoms with E-state index in [-0.39, 0.29) is 0 Å². The lowest BCUT2D eigenvalue weighted by molar-refractivity contribution is 0.768. The minimum absolute atomic E-state index is 0.652. The third kappa shape index (κ3) is 6.13. The van der Waals surface area contributed by atoms with Gasteiger partial charge in [-0.15, -0.1) is 0 Å². The van der Waals surface area contributed by atoms with Gasteiger partial charge in [0.25, 0.3) is 0 Å². The molecule has 12 aromatic rings. The molecule has 9 aromatic carbocycles. The molecular formula is C62H39N5. The molecule has 0 saturated carbocycles. The van der Waals surface area contributed by atoms with Crippen LogP contribution < -0.4 is 0 Å². The minimum atomic E-state index is -0.702. The molecular weight excluding hydrogens is 815 g/mol. The first kappa shape index (κ1) is 38.5. The van der Waals surface area contributed by atoms with Gasteiger partial charge in [0, 0.05) is 56.4 Å². The van der Waals surface area contributed by atoms with Gasteiger partial charge in [0.2, 0.25) is 0 Å². The Balaban J connectivity index is 1.06. The fourth-order valence-electron chi connectivity index (χ4n) is 10.5. The molecule has 0 fully saturated rings. The van der Waals surface area contributed by atoms with E-state index >= 15 is 0 Å². The van der Waals surface area contributed by atoms with Gasteiger partial charge in [-0.2, -0.15) is 0 Å². The molecule has 0 atom stereocenters. The third-order valence-electron chi connectivity index (χ3n) is 13.5. The highest BCUT2D eigenvalue weighted by Crippen LogP contribution is 2.57. The highest BCUT2D eigenvalue weighted by atomic mass is 14.9. The number of para-hydroxylation sites is 1. The molecule has 5 heteroatoms. The summed E-state index contributed by atoms with van der Waals surface area (Å²) in [6, 6.07) is 79.3. The lowest BCUT2D eigenvalue weighted by atomic mass is 9.67. The lowest BCUT2D eigenvalue weighted by Crippen LogP contribution is -2.28. The molecule has 3 aromatic heterocycles. The Hall–Kier alpha value is -8.93. The Morgan fingerprint density at radius 3 is 1.45 bits per heavy atom. The summed E-state index contributed by atoms with van der Waals surface area (Å²) in [6.45, 7) is 0. The molecule has 0 N–H and O–H groups in total. The van der Waals surface area contributed by atoms with Crippen LogP contribution in [0, 0.1) is 0 Å². The number of nitrogens with zero attached hydrogens (tertiary/aromatic N) is 5. The third-order valence-corrected chi connectivity index (χ3v) is 13.5. The van der Waals surface area contributed by atoms with E-state index in [2.05, 4.69) is 206 Å². The predicted molar refractivity (Wildman–Crippen MR) is 272 cm³/mol. The van der Waals surface area contributed by atoms with E-state index in [4.69, 9.17) is 24.9 Å². The molecule has 5 nitrogen and oxygen atoms in total. The highest BCUT2D eigenvalue weighted by Gasteiger charge is 2.46. The first-order valence-corrected chi connectivity index (χ1v) is 22.7. The van der Waals surface area contributed by atoms with Gasteiger partial charge in [0.15, 0.2) is 11.6 Å². The minimum Gasteiger partial charge on any atom is -0.256 e. The fourth-order valence-corrected chi connectivity index (χ4v) is 10.5. The molecule has 0 amide bonds. The fraction of sp³-hybridized carbons (Fsp3) is 0.0161.